The molecular formula is C25H29N7O6S. The van der Waals surface area contributed by atoms with Crippen LogP contribution >= 0.6 is 11.3 Å². The zero-order chi connectivity index (χ0) is 27.5. The average molecular weight is 556 g/mol. The SMILES string of the molecule is NC(N)=NCCCC(NC(=O)C1CCC2CN(C(=O)c3ccc4c(c3)OCO4)CC(=O)N21)C(=O)c1nccs1. The lowest BCUT2D eigenvalue weighted by Crippen LogP contribution is -2.60. The van der Waals surface area contributed by atoms with Gasteiger partial charge in [-0.3, -0.25) is 24.2 Å². The van der Waals surface area contributed by atoms with Crippen molar-refractivity contribution in [2.75, 3.05) is 26.4 Å². The molecule has 3 aliphatic heterocycles. The lowest BCUT2D eigenvalue weighted by atomic mass is 10.1. The van der Waals surface area contributed by atoms with Crippen LogP contribution in [0.3, 0.4) is 0 Å². The summed E-state index contributed by atoms with van der Waals surface area (Å²) in [5, 5.41) is 4.82. The molecule has 2 saturated heterocycles. The van der Waals surface area contributed by atoms with E-state index in [-0.39, 0.29) is 47.9 Å². The Morgan fingerprint density at radius 3 is 2.79 bits per heavy atom. The second-order valence-electron chi connectivity index (χ2n) is 9.51. The number of ketones is 1. The molecule has 3 amide bonds. The van der Waals surface area contributed by atoms with Crippen LogP contribution in [0.4, 0.5) is 0 Å². The van der Waals surface area contributed by atoms with Gasteiger partial charge >= 0.3 is 0 Å². The molecule has 5 rings (SSSR count). The number of nitrogens with two attached hydrogens (primary N) is 2. The van der Waals surface area contributed by atoms with Crippen molar-refractivity contribution in [3.8, 4) is 11.5 Å². The maximum absolute atomic E-state index is 13.4. The predicted molar refractivity (Wildman–Crippen MR) is 140 cm³/mol. The molecule has 14 heteroatoms. The molecule has 3 aliphatic rings. The molecule has 206 valence electrons. The standard InChI is InChI=1S/C25H29N7O6S/c26-25(27)29-7-1-2-16(21(34)23-28-8-9-39-23)30-22(35)17-5-4-15-11-31(12-20(33)32(15)17)24(36)14-3-6-18-19(10-14)38-13-37-18/h3,6,8-10,15-17H,1-2,4-5,7,11-13H2,(H,30,35)(H4,26,27,29). The summed E-state index contributed by atoms with van der Waals surface area (Å²) in [7, 11) is 0. The van der Waals surface area contributed by atoms with Crippen LogP contribution in [0.5, 0.6) is 11.5 Å². The molecule has 3 unspecified atom stereocenters. The number of carbonyl (C=O) groups excluding carboxylic acids is 4. The minimum absolute atomic E-state index is 0.0477. The molecule has 13 nitrogen and oxygen atoms in total. The van der Waals surface area contributed by atoms with Crippen LogP contribution in [0.2, 0.25) is 0 Å². The number of aliphatic imine (C=N–C) groups is 1. The molecule has 0 spiro atoms. The normalized spacial score (nSPS) is 20.4. The van der Waals surface area contributed by atoms with Crippen LogP contribution in [0.25, 0.3) is 0 Å². The van der Waals surface area contributed by atoms with Gasteiger partial charge in [0.25, 0.3) is 5.91 Å². The molecule has 3 atom stereocenters. The molecule has 5 N–H and O–H groups in total. The quantitative estimate of drug-likeness (QED) is 0.167. The number of nitrogens with zero attached hydrogens (tertiary/aromatic N) is 4. The third-order valence-electron chi connectivity index (χ3n) is 6.98. The van der Waals surface area contributed by atoms with E-state index in [1.165, 1.54) is 22.4 Å². The fourth-order valence-electron chi connectivity index (χ4n) is 5.16. The van der Waals surface area contributed by atoms with Crippen LogP contribution < -0.4 is 26.3 Å². The van der Waals surface area contributed by atoms with Crippen molar-refractivity contribution in [1.82, 2.24) is 20.1 Å². The van der Waals surface area contributed by atoms with Gasteiger partial charge in [-0.05, 0) is 43.9 Å². The topological polar surface area (TPSA) is 183 Å². The highest BCUT2D eigenvalue weighted by molar-refractivity contribution is 7.11. The van der Waals surface area contributed by atoms with E-state index in [4.69, 9.17) is 20.9 Å². The van der Waals surface area contributed by atoms with Crippen LogP contribution in [-0.4, -0.2) is 88.8 Å². The van der Waals surface area contributed by atoms with Gasteiger partial charge in [-0.25, -0.2) is 4.98 Å². The Bertz CT molecular complexity index is 1300. The molecule has 39 heavy (non-hydrogen) atoms. The third kappa shape index (κ3) is 5.65. The van der Waals surface area contributed by atoms with Gasteiger partial charge in [0.05, 0.1) is 12.1 Å². The molecule has 0 bridgehead atoms. The van der Waals surface area contributed by atoms with Gasteiger partial charge < -0.3 is 36.1 Å². The largest absolute Gasteiger partial charge is 0.454 e. The highest BCUT2D eigenvalue weighted by Gasteiger charge is 2.46. The van der Waals surface area contributed by atoms with Gasteiger partial charge in [-0.15, -0.1) is 11.3 Å². The number of fused-ring (bicyclic) bond motifs is 2. The molecule has 4 heterocycles. The van der Waals surface area contributed by atoms with E-state index >= 15 is 0 Å². The maximum atomic E-state index is 13.4. The summed E-state index contributed by atoms with van der Waals surface area (Å²) in [6.45, 7) is 0.571. The summed E-state index contributed by atoms with van der Waals surface area (Å²) in [6, 6.07) is 3.07. The van der Waals surface area contributed by atoms with E-state index in [0.717, 1.165) is 0 Å². The van der Waals surface area contributed by atoms with Crippen molar-refractivity contribution in [3.63, 3.8) is 0 Å². The Morgan fingerprint density at radius 1 is 1.21 bits per heavy atom. The first kappa shape index (κ1) is 26.4. The Labute approximate surface area is 228 Å². The minimum atomic E-state index is -0.833. The number of Topliss-reactive ketones (excluding diaryl/α,β-unsaturated/α-hetero) is 1. The summed E-state index contributed by atoms with van der Waals surface area (Å²) in [5.41, 5.74) is 11.2. The monoisotopic (exact) mass is 555 g/mol. The summed E-state index contributed by atoms with van der Waals surface area (Å²) in [4.78, 5) is 63.9. The number of hydrogen-bond donors (Lipinski definition) is 3. The van der Waals surface area contributed by atoms with E-state index in [1.54, 1.807) is 28.5 Å². The molecule has 1 aromatic carbocycles. The number of nitrogens with one attached hydrogen (secondary N) is 1. The highest BCUT2D eigenvalue weighted by Crippen LogP contribution is 2.34. The number of hydrogen-bond acceptors (Lipinski definition) is 9. The van der Waals surface area contributed by atoms with Crippen molar-refractivity contribution < 1.29 is 28.7 Å². The third-order valence-corrected chi connectivity index (χ3v) is 7.77. The van der Waals surface area contributed by atoms with Crippen LogP contribution in [0.15, 0.2) is 34.8 Å². The predicted octanol–water partition coefficient (Wildman–Crippen LogP) is 0.109. The van der Waals surface area contributed by atoms with E-state index in [1.807, 2.05) is 0 Å². The molecule has 0 radical (unpaired) electrons. The summed E-state index contributed by atoms with van der Waals surface area (Å²) in [5.74, 6) is -0.295. The first-order valence-electron chi connectivity index (χ1n) is 12.6. The number of piperazine rings is 1. The van der Waals surface area contributed by atoms with Crippen molar-refractivity contribution in [2.24, 2.45) is 16.5 Å². The van der Waals surface area contributed by atoms with Crippen molar-refractivity contribution >= 4 is 40.8 Å². The van der Waals surface area contributed by atoms with Crippen molar-refractivity contribution in [2.45, 2.75) is 43.8 Å². The second kappa shape index (κ2) is 11.3. The van der Waals surface area contributed by atoms with Gasteiger partial charge in [0.1, 0.15) is 12.6 Å². The Hall–Kier alpha value is -4.20. The van der Waals surface area contributed by atoms with Gasteiger partial charge in [-0.2, -0.15) is 0 Å². The second-order valence-corrected chi connectivity index (χ2v) is 10.4. The van der Waals surface area contributed by atoms with Crippen molar-refractivity contribution in [1.29, 1.82) is 0 Å². The first-order chi connectivity index (χ1) is 18.8. The smallest absolute Gasteiger partial charge is 0.254 e. The van der Waals surface area contributed by atoms with E-state index in [0.29, 0.717) is 55.8 Å². The molecule has 1 aromatic heterocycles. The Morgan fingerprint density at radius 2 is 2.03 bits per heavy atom. The zero-order valence-electron chi connectivity index (χ0n) is 21.1. The van der Waals surface area contributed by atoms with E-state index < -0.39 is 18.0 Å². The van der Waals surface area contributed by atoms with Gasteiger partial charge in [-0.1, -0.05) is 0 Å². The maximum Gasteiger partial charge on any atom is 0.254 e. The van der Waals surface area contributed by atoms with Crippen LogP contribution in [0.1, 0.15) is 45.8 Å². The Balaban J connectivity index is 1.24. The Kier molecular flexibility index (Phi) is 7.63. The number of carbonyl (C=O) groups is 4. The molecule has 2 aromatic rings. The first-order valence-corrected chi connectivity index (χ1v) is 13.5. The molecule has 0 saturated carbocycles. The number of guanidine groups is 1. The van der Waals surface area contributed by atoms with Crippen LogP contribution in [-0.2, 0) is 9.59 Å². The number of rotatable bonds is 9. The zero-order valence-corrected chi connectivity index (χ0v) is 21.9. The molecule has 2 fully saturated rings. The van der Waals surface area contributed by atoms with Gasteiger partial charge in [0.2, 0.25) is 24.4 Å². The average Bonchev–Trinajstić information content (AvgIpc) is 3.69. The lowest BCUT2D eigenvalue weighted by molar-refractivity contribution is -0.144. The summed E-state index contributed by atoms with van der Waals surface area (Å²) >= 11 is 1.19. The number of ether oxygens (including phenoxy) is 2. The minimum Gasteiger partial charge on any atom is -0.454 e. The van der Waals surface area contributed by atoms with Crippen LogP contribution in [0, 0.1) is 0 Å². The van der Waals surface area contributed by atoms with Crippen molar-refractivity contribution in [3.05, 3.63) is 40.3 Å². The highest BCUT2D eigenvalue weighted by atomic mass is 32.1. The van der Waals surface area contributed by atoms with E-state index in [2.05, 4.69) is 15.3 Å². The fourth-order valence-corrected chi connectivity index (χ4v) is 5.79. The number of aromatic nitrogens is 1. The number of amides is 3. The summed E-state index contributed by atoms with van der Waals surface area (Å²) < 4.78 is 10.7. The van der Waals surface area contributed by atoms with Gasteiger partial charge in [0, 0.05) is 30.2 Å². The van der Waals surface area contributed by atoms with Gasteiger partial charge in [0.15, 0.2) is 22.5 Å². The summed E-state index contributed by atoms with van der Waals surface area (Å²) in [6.07, 6.45) is 3.29. The lowest BCUT2D eigenvalue weighted by Gasteiger charge is -2.39. The number of thiazole rings is 1. The molecular weight excluding hydrogens is 526 g/mol. The molecule has 0 aliphatic carbocycles. The number of benzene rings is 1. The fraction of sp³-hybridized carbons (Fsp3) is 0.440. The van der Waals surface area contributed by atoms with E-state index in [9.17, 15) is 19.2 Å².